The van der Waals surface area contributed by atoms with E-state index in [0.717, 1.165) is 32.0 Å². The molecule has 0 spiro atoms. The fourth-order valence-corrected chi connectivity index (χ4v) is 3.38. The summed E-state index contributed by atoms with van der Waals surface area (Å²) in [5.74, 6) is 0.469. The van der Waals surface area contributed by atoms with Crippen LogP contribution in [0.4, 0.5) is 0 Å². The Labute approximate surface area is 116 Å². The Bertz CT molecular complexity index is 241. The minimum atomic E-state index is 0.0331. The highest BCUT2D eigenvalue weighted by Crippen LogP contribution is 2.32. The maximum atomic E-state index is 11.4. The molecule has 3 atom stereocenters. The monoisotopic (exact) mass is 272 g/mol. The van der Waals surface area contributed by atoms with E-state index in [4.69, 9.17) is 0 Å². The topological polar surface area (TPSA) is 34.1 Å². The van der Waals surface area contributed by atoms with E-state index >= 15 is 0 Å². The van der Waals surface area contributed by atoms with E-state index < -0.39 is 0 Å². The number of carbonyl (C=O) groups excluding carboxylic acids is 2. The third-order valence-corrected chi connectivity index (χ3v) is 4.78. The standard InChI is InChI=1S/C15H28O2S/c1-5-7-9-12(3)15(18-13(4)17)14(11-16)10-8-6-2/h11-12,14-15H,5-10H2,1-4H3/t12-,14-,15-/m0/s1. The number of aldehydes is 1. The molecular formula is C15H28O2S. The minimum Gasteiger partial charge on any atom is -0.303 e. The summed E-state index contributed by atoms with van der Waals surface area (Å²) in [6, 6.07) is 0. The van der Waals surface area contributed by atoms with Crippen molar-refractivity contribution in [3.63, 3.8) is 0 Å². The first-order valence-corrected chi connectivity index (χ1v) is 8.07. The minimum absolute atomic E-state index is 0.0331. The molecule has 0 fully saturated rings. The Morgan fingerprint density at radius 3 is 2.17 bits per heavy atom. The summed E-state index contributed by atoms with van der Waals surface area (Å²) in [6.45, 7) is 8.09. The lowest BCUT2D eigenvalue weighted by Crippen LogP contribution is -2.27. The highest BCUT2D eigenvalue weighted by Gasteiger charge is 2.27. The van der Waals surface area contributed by atoms with Crippen molar-refractivity contribution in [3.05, 3.63) is 0 Å². The second-order valence-electron chi connectivity index (χ2n) is 5.14. The van der Waals surface area contributed by atoms with Crippen molar-refractivity contribution >= 4 is 23.2 Å². The smallest absolute Gasteiger partial charge is 0.186 e. The van der Waals surface area contributed by atoms with E-state index in [1.54, 1.807) is 6.92 Å². The molecule has 0 saturated heterocycles. The Balaban J connectivity index is 4.59. The van der Waals surface area contributed by atoms with Crippen molar-refractivity contribution in [1.29, 1.82) is 0 Å². The number of unbranched alkanes of at least 4 members (excludes halogenated alkanes) is 2. The molecule has 2 nitrogen and oxygen atoms in total. The molecule has 3 heteroatoms. The van der Waals surface area contributed by atoms with E-state index in [1.165, 1.54) is 24.6 Å². The number of thioether (sulfide) groups is 1. The van der Waals surface area contributed by atoms with Crippen LogP contribution in [0, 0.1) is 11.8 Å². The van der Waals surface area contributed by atoms with Crippen molar-refractivity contribution in [2.45, 2.75) is 71.5 Å². The van der Waals surface area contributed by atoms with Gasteiger partial charge in [0.1, 0.15) is 6.29 Å². The van der Waals surface area contributed by atoms with Gasteiger partial charge in [0, 0.05) is 18.1 Å². The first-order chi connectivity index (χ1) is 8.56. The number of rotatable bonds is 10. The number of hydrogen-bond donors (Lipinski definition) is 0. The third kappa shape index (κ3) is 7.20. The van der Waals surface area contributed by atoms with Gasteiger partial charge in [-0.05, 0) is 18.8 Å². The van der Waals surface area contributed by atoms with Gasteiger partial charge >= 0.3 is 0 Å². The van der Waals surface area contributed by atoms with Gasteiger partial charge in [-0.2, -0.15) is 0 Å². The predicted molar refractivity (Wildman–Crippen MR) is 79.8 cm³/mol. The predicted octanol–water partition coefficient (Wildman–Crippen LogP) is 4.47. The summed E-state index contributed by atoms with van der Waals surface area (Å²) in [4.78, 5) is 22.7. The number of carbonyl (C=O) groups is 2. The van der Waals surface area contributed by atoms with E-state index in [9.17, 15) is 9.59 Å². The molecule has 0 amide bonds. The van der Waals surface area contributed by atoms with Gasteiger partial charge in [-0.25, -0.2) is 0 Å². The first-order valence-electron chi connectivity index (χ1n) is 7.19. The van der Waals surface area contributed by atoms with Crippen LogP contribution in [0.1, 0.15) is 66.2 Å². The van der Waals surface area contributed by atoms with Crippen molar-refractivity contribution in [2.24, 2.45) is 11.8 Å². The van der Waals surface area contributed by atoms with Crippen molar-refractivity contribution in [2.75, 3.05) is 0 Å². The number of hydrogen-bond acceptors (Lipinski definition) is 3. The largest absolute Gasteiger partial charge is 0.303 e. The van der Waals surface area contributed by atoms with Gasteiger partial charge in [0.2, 0.25) is 0 Å². The Morgan fingerprint density at radius 2 is 1.72 bits per heavy atom. The summed E-state index contributed by atoms with van der Waals surface area (Å²) in [5, 5.41) is 0.296. The zero-order chi connectivity index (χ0) is 14.0. The summed E-state index contributed by atoms with van der Waals surface area (Å²) in [6.07, 6.45) is 7.61. The average molecular weight is 272 g/mol. The fraction of sp³-hybridized carbons (Fsp3) is 0.867. The van der Waals surface area contributed by atoms with E-state index in [1.807, 2.05) is 0 Å². The maximum absolute atomic E-state index is 11.4. The van der Waals surface area contributed by atoms with Gasteiger partial charge < -0.3 is 4.79 Å². The van der Waals surface area contributed by atoms with Crippen LogP contribution < -0.4 is 0 Å². The van der Waals surface area contributed by atoms with Gasteiger partial charge in [0.05, 0.1) is 0 Å². The summed E-state index contributed by atoms with van der Waals surface area (Å²) < 4.78 is 0. The van der Waals surface area contributed by atoms with E-state index in [2.05, 4.69) is 20.8 Å². The quantitative estimate of drug-likeness (QED) is 0.550. The summed E-state index contributed by atoms with van der Waals surface area (Å²) in [5.41, 5.74) is 0. The second-order valence-corrected chi connectivity index (χ2v) is 6.49. The highest BCUT2D eigenvalue weighted by atomic mass is 32.2. The lowest BCUT2D eigenvalue weighted by Gasteiger charge is -2.27. The van der Waals surface area contributed by atoms with Crippen LogP contribution in [0.25, 0.3) is 0 Å². The molecule has 18 heavy (non-hydrogen) atoms. The molecule has 0 heterocycles. The molecule has 0 aliphatic heterocycles. The zero-order valence-electron chi connectivity index (χ0n) is 12.3. The average Bonchev–Trinajstić information content (AvgIpc) is 2.34. The molecular weight excluding hydrogens is 244 g/mol. The summed E-state index contributed by atoms with van der Waals surface area (Å²) >= 11 is 1.37. The van der Waals surface area contributed by atoms with Gasteiger partial charge in [-0.1, -0.05) is 58.2 Å². The Hall–Kier alpha value is -0.310. The van der Waals surface area contributed by atoms with Crippen molar-refractivity contribution in [1.82, 2.24) is 0 Å². The molecule has 0 aromatic carbocycles. The zero-order valence-corrected chi connectivity index (χ0v) is 13.1. The van der Waals surface area contributed by atoms with Crippen molar-refractivity contribution < 1.29 is 9.59 Å². The molecule has 0 aromatic rings. The molecule has 0 saturated carbocycles. The fourth-order valence-electron chi connectivity index (χ4n) is 2.26. The Morgan fingerprint density at radius 1 is 1.17 bits per heavy atom. The molecule has 0 aliphatic carbocycles. The third-order valence-electron chi connectivity index (χ3n) is 3.36. The molecule has 106 valence electrons. The first kappa shape index (κ1) is 17.7. The SMILES string of the molecule is CCCC[C@@H](C=O)[C@@H](SC(C)=O)[C@@H](C)CCCC. The molecule has 0 unspecified atom stereocenters. The van der Waals surface area contributed by atoms with Crippen LogP contribution in [0.2, 0.25) is 0 Å². The van der Waals surface area contributed by atoms with Crippen LogP contribution in [-0.2, 0) is 9.59 Å². The normalized spacial score (nSPS) is 16.0. The van der Waals surface area contributed by atoms with E-state index in [0.29, 0.717) is 5.92 Å². The molecule has 0 bridgehead atoms. The second kappa shape index (κ2) is 10.6. The molecule has 0 rings (SSSR count). The van der Waals surface area contributed by atoms with Gasteiger partial charge in [0.15, 0.2) is 5.12 Å². The molecule has 0 N–H and O–H groups in total. The van der Waals surface area contributed by atoms with Gasteiger partial charge in [-0.3, -0.25) is 4.79 Å². The van der Waals surface area contributed by atoms with Gasteiger partial charge in [0.25, 0.3) is 0 Å². The lowest BCUT2D eigenvalue weighted by atomic mass is 9.89. The van der Waals surface area contributed by atoms with Crippen LogP contribution in [0.3, 0.4) is 0 Å². The van der Waals surface area contributed by atoms with Crippen molar-refractivity contribution in [3.8, 4) is 0 Å². The maximum Gasteiger partial charge on any atom is 0.186 e. The van der Waals surface area contributed by atoms with E-state index in [-0.39, 0.29) is 16.3 Å². The molecule has 0 aromatic heterocycles. The highest BCUT2D eigenvalue weighted by molar-refractivity contribution is 8.14. The van der Waals surface area contributed by atoms with Gasteiger partial charge in [-0.15, -0.1) is 0 Å². The van der Waals surface area contributed by atoms with Crippen LogP contribution in [0.15, 0.2) is 0 Å². The summed E-state index contributed by atoms with van der Waals surface area (Å²) in [7, 11) is 0. The molecule has 0 radical (unpaired) electrons. The van der Waals surface area contributed by atoms with Crippen LogP contribution in [-0.4, -0.2) is 16.7 Å². The van der Waals surface area contributed by atoms with Crippen LogP contribution >= 0.6 is 11.8 Å². The van der Waals surface area contributed by atoms with Crippen LogP contribution in [0.5, 0.6) is 0 Å². The lowest BCUT2D eigenvalue weighted by molar-refractivity contribution is -0.111. The Kier molecular flexibility index (Phi) is 10.4. The molecule has 0 aliphatic rings.